The summed E-state index contributed by atoms with van der Waals surface area (Å²) in [7, 11) is 0. The molecule has 0 aliphatic carbocycles. The van der Waals surface area contributed by atoms with E-state index in [0.717, 1.165) is 33.8 Å². The highest BCUT2D eigenvalue weighted by atomic mass is 79.9. The first-order chi connectivity index (χ1) is 13.6. The van der Waals surface area contributed by atoms with E-state index in [1.54, 1.807) is 12.1 Å². The molecule has 0 spiro atoms. The Hall–Kier alpha value is -2.44. The second-order valence-corrected chi connectivity index (χ2v) is 7.60. The van der Waals surface area contributed by atoms with Gasteiger partial charge in [-0.05, 0) is 48.3 Å². The lowest BCUT2D eigenvalue weighted by Gasteiger charge is -2.14. The van der Waals surface area contributed by atoms with E-state index >= 15 is 0 Å². The summed E-state index contributed by atoms with van der Waals surface area (Å²) in [6, 6.07) is 19.3. The van der Waals surface area contributed by atoms with E-state index < -0.39 is 0 Å². The van der Waals surface area contributed by atoms with Gasteiger partial charge in [-0.3, -0.25) is 10.1 Å². The molecule has 6 heteroatoms. The second kappa shape index (κ2) is 9.66. The average Bonchev–Trinajstić information content (AvgIpc) is 2.69. The van der Waals surface area contributed by atoms with Gasteiger partial charge in [0.2, 0.25) is 0 Å². The third-order valence-corrected chi connectivity index (χ3v) is 4.90. The molecule has 0 atom stereocenters. The number of rotatable bonds is 6. The number of benzene rings is 3. The third-order valence-electron chi connectivity index (χ3n) is 4.21. The highest BCUT2D eigenvalue weighted by molar-refractivity contribution is 9.10. The average molecular weight is 457 g/mol. The standard InChI is InChI=1S/C22H21BrN2O2S/c1-2-3-13-27-20-12-11-16(23)14-18(20)21(26)25-22(28)24-19-10-6-8-15-7-4-5-9-17(15)19/h4-12,14H,2-3,13H2,1H3,(H2,24,25,26,28). The molecule has 0 aromatic heterocycles. The number of carbonyl (C=O) groups is 1. The van der Waals surface area contributed by atoms with Crippen molar-refractivity contribution >= 4 is 55.6 Å². The zero-order chi connectivity index (χ0) is 19.9. The predicted octanol–water partition coefficient (Wildman–Crippen LogP) is 5.91. The SMILES string of the molecule is CCCCOc1ccc(Br)cc1C(=O)NC(=S)Nc1cccc2ccccc12. The van der Waals surface area contributed by atoms with Crippen molar-refractivity contribution < 1.29 is 9.53 Å². The highest BCUT2D eigenvalue weighted by Gasteiger charge is 2.15. The Morgan fingerprint density at radius 3 is 2.71 bits per heavy atom. The van der Waals surface area contributed by atoms with Crippen LogP contribution in [0.1, 0.15) is 30.1 Å². The minimum absolute atomic E-state index is 0.237. The molecule has 0 fully saturated rings. The summed E-state index contributed by atoms with van der Waals surface area (Å²) in [5.41, 5.74) is 1.28. The first-order valence-electron chi connectivity index (χ1n) is 9.11. The lowest BCUT2D eigenvalue weighted by molar-refractivity contribution is 0.0973. The molecule has 0 heterocycles. The molecule has 2 N–H and O–H groups in total. The molecular formula is C22H21BrN2O2S. The van der Waals surface area contributed by atoms with Crippen LogP contribution in [0.4, 0.5) is 5.69 Å². The molecule has 28 heavy (non-hydrogen) atoms. The maximum atomic E-state index is 12.8. The Bertz CT molecular complexity index is 1000. The van der Waals surface area contributed by atoms with Crippen molar-refractivity contribution in [2.75, 3.05) is 11.9 Å². The van der Waals surface area contributed by atoms with E-state index in [2.05, 4.69) is 33.5 Å². The Kier molecular flexibility index (Phi) is 7.01. The van der Waals surface area contributed by atoms with Crippen molar-refractivity contribution in [1.82, 2.24) is 5.32 Å². The number of fused-ring (bicyclic) bond motifs is 1. The lowest BCUT2D eigenvalue weighted by Crippen LogP contribution is -2.34. The van der Waals surface area contributed by atoms with Gasteiger partial charge in [0.05, 0.1) is 12.2 Å². The first-order valence-corrected chi connectivity index (χ1v) is 10.3. The Labute approximate surface area is 178 Å². The lowest BCUT2D eigenvalue weighted by atomic mass is 10.1. The summed E-state index contributed by atoms with van der Waals surface area (Å²) in [4.78, 5) is 12.8. The van der Waals surface area contributed by atoms with Gasteiger partial charge < -0.3 is 10.1 Å². The maximum absolute atomic E-state index is 12.8. The summed E-state index contributed by atoms with van der Waals surface area (Å²) in [5.74, 6) is 0.229. The number of carbonyl (C=O) groups excluding carboxylic acids is 1. The van der Waals surface area contributed by atoms with Crippen LogP contribution < -0.4 is 15.4 Å². The van der Waals surface area contributed by atoms with Gasteiger partial charge in [0, 0.05) is 15.5 Å². The molecule has 0 unspecified atom stereocenters. The normalized spacial score (nSPS) is 10.5. The number of ether oxygens (including phenoxy) is 1. The molecule has 0 aliphatic rings. The molecule has 1 amide bonds. The zero-order valence-electron chi connectivity index (χ0n) is 15.5. The Morgan fingerprint density at radius 1 is 1.11 bits per heavy atom. The maximum Gasteiger partial charge on any atom is 0.261 e. The largest absolute Gasteiger partial charge is 0.493 e. The number of halogens is 1. The fourth-order valence-electron chi connectivity index (χ4n) is 2.79. The van der Waals surface area contributed by atoms with Crippen molar-refractivity contribution in [3.05, 3.63) is 70.7 Å². The van der Waals surface area contributed by atoms with Gasteiger partial charge in [-0.15, -0.1) is 0 Å². The minimum atomic E-state index is -0.314. The molecule has 144 valence electrons. The van der Waals surface area contributed by atoms with Gasteiger partial charge in [0.1, 0.15) is 5.75 Å². The Balaban J connectivity index is 1.73. The summed E-state index contributed by atoms with van der Waals surface area (Å²) in [6.45, 7) is 2.66. The molecule has 4 nitrogen and oxygen atoms in total. The molecule has 3 aromatic rings. The summed E-state index contributed by atoms with van der Waals surface area (Å²) in [5, 5.41) is 8.24. The molecule has 3 rings (SSSR count). The van der Waals surface area contributed by atoms with Crippen molar-refractivity contribution in [2.24, 2.45) is 0 Å². The van der Waals surface area contributed by atoms with Gasteiger partial charge in [-0.1, -0.05) is 65.7 Å². The zero-order valence-corrected chi connectivity index (χ0v) is 17.9. The number of amides is 1. The van der Waals surface area contributed by atoms with E-state index in [1.807, 2.05) is 48.5 Å². The van der Waals surface area contributed by atoms with Crippen LogP contribution in [0.2, 0.25) is 0 Å². The van der Waals surface area contributed by atoms with Gasteiger partial charge >= 0.3 is 0 Å². The number of thiocarbonyl (C=S) groups is 1. The summed E-state index contributed by atoms with van der Waals surface area (Å²) >= 11 is 8.77. The third kappa shape index (κ3) is 5.09. The van der Waals surface area contributed by atoms with Crippen molar-refractivity contribution in [3.8, 4) is 5.75 Å². The number of unbranched alkanes of at least 4 members (excludes halogenated alkanes) is 1. The number of nitrogens with one attached hydrogen (secondary N) is 2. The number of hydrogen-bond donors (Lipinski definition) is 2. The van der Waals surface area contributed by atoms with Crippen molar-refractivity contribution in [1.29, 1.82) is 0 Å². The van der Waals surface area contributed by atoms with E-state index in [4.69, 9.17) is 17.0 Å². The van der Waals surface area contributed by atoms with Crippen LogP contribution >= 0.6 is 28.1 Å². The highest BCUT2D eigenvalue weighted by Crippen LogP contribution is 2.25. The molecular weight excluding hydrogens is 436 g/mol. The number of hydrogen-bond acceptors (Lipinski definition) is 3. The van der Waals surface area contributed by atoms with Gasteiger partial charge in [-0.25, -0.2) is 0 Å². The number of anilines is 1. The van der Waals surface area contributed by atoms with E-state index in [0.29, 0.717) is 17.9 Å². The van der Waals surface area contributed by atoms with E-state index in [1.165, 1.54) is 0 Å². The molecule has 3 aromatic carbocycles. The molecule has 0 radical (unpaired) electrons. The molecule has 0 saturated carbocycles. The van der Waals surface area contributed by atoms with Crippen LogP contribution in [0, 0.1) is 0 Å². The second-order valence-electron chi connectivity index (χ2n) is 6.28. The summed E-state index contributed by atoms with van der Waals surface area (Å²) in [6.07, 6.45) is 1.95. The van der Waals surface area contributed by atoms with Crippen LogP contribution in [0.25, 0.3) is 10.8 Å². The minimum Gasteiger partial charge on any atom is -0.493 e. The fourth-order valence-corrected chi connectivity index (χ4v) is 3.35. The van der Waals surface area contributed by atoms with Crippen molar-refractivity contribution in [2.45, 2.75) is 19.8 Å². The molecule has 0 aliphatic heterocycles. The van der Waals surface area contributed by atoms with Crippen LogP contribution in [-0.4, -0.2) is 17.6 Å². The van der Waals surface area contributed by atoms with Crippen LogP contribution in [0.5, 0.6) is 5.75 Å². The van der Waals surface area contributed by atoms with Crippen LogP contribution in [-0.2, 0) is 0 Å². The van der Waals surface area contributed by atoms with Crippen LogP contribution in [0.15, 0.2) is 65.1 Å². The Morgan fingerprint density at radius 2 is 1.89 bits per heavy atom. The smallest absolute Gasteiger partial charge is 0.261 e. The van der Waals surface area contributed by atoms with E-state index in [9.17, 15) is 4.79 Å². The van der Waals surface area contributed by atoms with Gasteiger partial charge in [0.15, 0.2) is 5.11 Å². The predicted molar refractivity (Wildman–Crippen MR) is 122 cm³/mol. The first kappa shape index (κ1) is 20.3. The topological polar surface area (TPSA) is 50.4 Å². The monoisotopic (exact) mass is 456 g/mol. The van der Waals surface area contributed by atoms with Gasteiger partial charge in [-0.2, -0.15) is 0 Å². The van der Waals surface area contributed by atoms with Crippen molar-refractivity contribution in [3.63, 3.8) is 0 Å². The molecule has 0 saturated heterocycles. The van der Waals surface area contributed by atoms with E-state index in [-0.39, 0.29) is 11.0 Å². The fraction of sp³-hybridized carbons (Fsp3) is 0.182. The summed E-state index contributed by atoms with van der Waals surface area (Å²) < 4.78 is 6.57. The quantitative estimate of drug-likeness (QED) is 0.357. The van der Waals surface area contributed by atoms with Crippen LogP contribution in [0.3, 0.4) is 0 Å². The molecule has 0 bridgehead atoms. The van der Waals surface area contributed by atoms with Gasteiger partial charge in [0.25, 0.3) is 5.91 Å².